The number of benzene rings is 2. The molecule has 3 N–H and O–H groups in total. The van der Waals surface area contributed by atoms with Crippen LogP contribution in [0.25, 0.3) is 21.5 Å². The molecule has 0 bridgehead atoms. The minimum absolute atomic E-state index is 0.438. The molecule has 0 atom stereocenters. The monoisotopic (exact) mass is 384 g/mol. The van der Waals surface area contributed by atoms with Crippen molar-refractivity contribution in [1.82, 2.24) is 4.98 Å². The number of aromatic amines is 1. The summed E-state index contributed by atoms with van der Waals surface area (Å²) < 4.78 is 0. The minimum atomic E-state index is -0.438. The molecule has 0 saturated carbocycles. The van der Waals surface area contributed by atoms with E-state index in [0.29, 0.717) is 10.6 Å². The van der Waals surface area contributed by atoms with E-state index in [1.54, 1.807) is 29.2 Å². The maximum atomic E-state index is 11.8. The van der Waals surface area contributed by atoms with Gasteiger partial charge < -0.3 is 10.7 Å². The van der Waals surface area contributed by atoms with Crippen LogP contribution in [0, 0.1) is 0 Å². The standard InChI is InChI=1S/C19H13ClN2OS2/c20-11-4-3-5-12(10-11)25-17-15-8-9-24-19(15)22-16(17)13-6-1-2-7-14(13)18(21)23/h1-10,22H,(H2,21,23). The Balaban J connectivity index is 1.91. The second-order valence-electron chi connectivity index (χ2n) is 5.46. The molecule has 0 aliphatic rings. The lowest BCUT2D eigenvalue weighted by Gasteiger charge is -2.09. The van der Waals surface area contributed by atoms with Gasteiger partial charge in [-0.1, -0.05) is 47.6 Å². The SMILES string of the molecule is NC(=O)c1ccccc1-c1[nH]c2sccc2c1Sc1cccc(Cl)c1. The molecule has 0 spiro atoms. The molecule has 1 amide bonds. The Hall–Kier alpha value is -2.21. The maximum Gasteiger partial charge on any atom is 0.249 e. The fourth-order valence-electron chi connectivity index (χ4n) is 2.75. The van der Waals surface area contributed by atoms with Gasteiger partial charge in [0.15, 0.2) is 0 Å². The number of fused-ring (bicyclic) bond motifs is 1. The lowest BCUT2D eigenvalue weighted by atomic mass is 10.0. The number of halogens is 1. The molecule has 2 heterocycles. The smallest absolute Gasteiger partial charge is 0.249 e. The van der Waals surface area contributed by atoms with Gasteiger partial charge in [0, 0.05) is 31.3 Å². The number of aromatic nitrogens is 1. The lowest BCUT2D eigenvalue weighted by Crippen LogP contribution is -2.12. The van der Waals surface area contributed by atoms with Gasteiger partial charge in [-0.15, -0.1) is 11.3 Å². The van der Waals surface area contributed by atoms with Crippen LogP contribution in [-0.4, -0.2) is 10.9 Å². The number of rotatable bonds is 4. The van der Waals surface area contributed by atoms with Gasteiger partial charge >= 0.3 is 0 Å². The number of carbonyl (C=O) groups is 1. The summed E-state index contributed by atoms with van der Waals surface area (Å²) in [6, 6.07) is 17.2. The second-order valence-corrected chi connectivity index (χ2v) is 7.90. The van der Waals surface area contributed by atoms with Gasteiger partial charge in [-0.2, -0.15) is 0 Å². The molecule has 4 aromatic rings. The molecule has 124 valence electrons. The number of H-pyrrole nitrogens is 1. The van der Waals surface area contributed by atoms with Crippen LogP contribution in [0.5, 0.6) is 0 Å². The van der Waals surface area contributed by atoms with Crippen molar-refractivity contribution in [3.8, 4) is 11.3 Å². The summed E-state index contributed by atoms with van der Waals surface area (Å²) in [5, 5.41) is 3.87. The van der Waals surface area contributed by atoms with E-state index in [1.165, 1.54) is 0 Å². The van der Waals surface area contributed by atoms with E-state index in [2.05, 4.69) is 11.1 Å². The van der Waals surface area contributed by atoms with Crippen molar-refractivity contribution < 1.29 is 4.79 Å². The summed E-state index contributed by atoms with van der Waals surface area (Å²) in [6.45, 7) is 0. The average molecular weight is 385 g/mol. The van der Waals surface area contributed by atoms with Crippen LogP contribution in [-0.2, 0) is 0 Å². The zero-order valence-corrected chi connectivity index (χ0v) is 15.3. The third kappa shape index (κ3) is 3.06. The highest BCUT2D eigenvalue weighted by atomic mass is 35.5. The minimum Gasteiger partial charge on any atom is -0.366 e. The fourth-order valence-corrected chi connectivity index (χ4v) is 4.98. The van der Waals surface area contributed by atoms with Gasteiger partial charge in [-0.05, 0) is 35.7 Å². The maximum absolute atomic E-state index is 11.8. The van der Waals surface area contributed by atoms with E-state index in [9.17, 15) is 4.79 Å². The van der Waals surface area contributed by atoms with Gasteiger partial charge in [0.25, 0.3) is 0 Å². The summed E-state index contributed by atoms with van der Waals surface area (Å²) in [6.07, 6.45) is 0. The van der Waals surface area contributed by atoms with Crippen LogP contribution in [0.2, 0.25) is 5.02 Å². The van der Waals surface area contributed by atoms with Crippen molar-refractivity contribution in [2.45, 2.75) is 9.79 Å². The van der Waals surface area contributed by atoms with Crippen molar-refractivity contribution in [3.63, 3.8) is 0 Å². The van der Waals surface area contributed by atoms with Crippen molar-refractivity contribution in [1.29, 1.82) is 0 Å². The highest BCUT2D eigenvalue weighted by Crippen LogP contribution is 2.43. The first-order valence-corrected chi connectivity index (χ1v) is 9.62. The molecule has 6 heteroatoms. The van der Waals surface area contributed by atoms with Crippen LogP contribution in [0.15, 0.2) is 69.8 Å². The number of hydrogen-bond donors (Lipinski definition) is 2. The Morgan fingerprint density at radius 1 is 1.12 bits per heavy atom. The van der Waals surface area contributed by atoms with Crippen molar-refractivity contribution in [3.05, 3.63) is 70.6 Å². The van der Waals surface area contributed by atoms with Crippen LogP contribution >= 0.6 is 34.7 Å². The number of hydrogen-bond acceptors (Lipinski definition) is 3. The molecule has 0 aliphatic heterocycles. The topological polar surface area (TPSA) is 58.9 Å². The molecule has 0 unspecified atom stereocenters. The van der Waals surface area contributed by atoms with Crippen LogP contribution in [0.1, 0.15) is 10.4 Å². The second kappa shape index (κ2) is 6.59. The Kier molecular flexibility index (Phi) is 4.29. The lowest BCUT2D eigenvalue weighted by molar-refractivity contribution is 0.100. The summed E-state index contributed by atoms with van der Waals surface area (Å²) in [5.41, 5.74) is 7.79. The number of carbonyl (C=O) groups excluding carboxylic acids is 1. The molecule has 0 saturated heterocycles. The summed E-state index contributed by atoms with van der Waals surface area (Å²) in [7, 11) is 0. The molecule has 0 radical (unpaired) electrons. The Bertz CT molecular complexity index is 1080. The molecule has 4 rings (SSSR count). The Labute approximate surface area is 157 Å². The summed E-state index contributed by atoms with van der Waals surface area (Å²) in [4.78, 5) is 18.5. The molecule has 2 aromatic carbocycles. The number of nitrogens with two attached hydrogens (primary N) is 1. The van der Waals surface area contributed by atoms with Crippen molar-refractivity contribution in [2.24, 2.45) is 5.73 Å². The fraction of sp³-hybridized carbons (Fsp3) is 0. The van der Waals surface area contributed by atoms with Crippen LogP contribution < -0.4 is 5.73 Å². The third-order valence-corrected chi connectivity index (χ3v) is 6.04. The van der Waals surface area contributed by atoms with Crippen molar-refractivity contribution >= 4 is 50.8 Å². The van der Waals surface area contributed by atoms with Gasteiger partial charge in [0.1, 0.15) is 4.83 Å². The number of amides is 1. The normalized spacial score (nSPS) is 11.1. The predicted octanol–water partition coefficient (Wildman–Crippen LogP) is 5.80. The van der Waals surface area contributed by atoms with Crippen molar-refractivity contribution in [2.75, 3.05) is 0 Å². The molecular formula is C19H13ClN2OS2. The first-order valence-electron chi connectivity index (χ1n) is 7.55. The average Bonchev–Trinajstić information content (AvgIpc) is 3.17. The summed E-state index contributed by atoms with van der Waals surface area (Å²) >= 11 is 9.38. The zero-order chi connectivity index (χ0) is 17.4. The first-order chi connectivity index (χ1) is 12.1. The Morgan fingerprint density at radius 3 is 2.76 bits per heavy atom. The number of primary amides is 1. The molecular weight excluding hydrogens is 372 g/mol. The predicted molar refractivity (Wildman–Crippen MR) is 106 cm³/mol. The van der Waals surface area contributed by atoms with Gasteiger partial charge in [0.05, 0.1) is 5.69 Å². The largest absolute Gasteiger partial charge is 0.366 e. The molecule has 0 fully saturated rings. The molecule has 0 aliphatic carbocycles. The highest BCUT2D eigenvalue weighted by Gasteiger charge is 2.19. The van der Waals surface area contributed by atoms with Gasteiger partial charge in [-0.3, -0.25) is 4.79 Å². The quantitative estimate of drug-likeness (QED) is 0.467. The Morgan fingerprint density at radius 2 is 1.96 bits per heavy atom. The molecule has 3 nitrogen and oxygen atoms in total. The van der Waals surface area contributed by atoms with E-state index in [0.717, 1.165) is 31.3 Å². The molecule has 25 heavy (non-hydrogen) atoms. The molecule has 2 aromatic heterocycles. The van der Waals surface area contributed by atoms with Crippen LogP contribution in [0.4, 0.5) is 0 Å². The third-order valence-electron chi connectivity index (χ3n) is 3.85. The van der Waals surface area contributed by atoms with Gasteiger partial charge in [0.2, 0.25) is 5.91 Å². The van der Waals surface area contributed by atoms with E-state index >= 15 is 0 Å². The summed E-state index contributed by atoms with van der Waals surface area (Å²) in [5.74, 6) is -0.438. The van der Waals surface area contributed by atoms with Gasteiger partial charge in [-0.25, -0.2) is 0 Å². The van der Waals surface area contributed by atoms with E-state index < -0.39 is 5.91 Å². The number of nitrogens with one attached hydrogen (secondary N) is 1. The number of thiophene rings is 1. The highest BCUT2D eigenvalue weighted by molar-refractivity contribution is 7.99. The zero-order valence-electron chi connectivity index (χ0n) is 13.0. The van der Waals surface area contributed by atoms with Crippen LogP contribution in [0.3, 0.4) is 0 Å². The first kappa shape index (κ1) is 16.3. The van der Waals surface area contributed by atoms with E-state index in [1.807, 2.05) is 47.8 Å². The van der Waals surface area contributed by atoms with E-state index in [4.69, 9.17) is 17.3 Å². The van der Waals surface area contributed by atoms with E-state index in [-0.39, 0.29) is 0 Å².